The van der Waals surface area contributed by atoms with Crippen LogP contribution in [0, 0.1) is 0 Å². The fourth-order valence-corrected chi connectivity index (χ4v) is 0.941. The first-order chi connectivity index (χ1) is 5.42. The van der Waals surface area contributed by atoms with E-state index in [1.807, 2.05) is 13.1 Å². The highest BCUT2D eigenvalue weighted by atomic mass is 15.3. The Hall–Kier alpha value is -1.65. The summed E-state index contributed by atoms with van der Waals surface area (Å²) in [5, 5.41) is 14.6. The minimum Gasteiger partial charge on any atom is -0.385 e. The molecule has 0 aromatic carbocycles. The maximum Gasteiger partial charge on any atom is 0.200 e. The quantitative estimate of drug-likeness (QED) is 0.627. The van der Waals surface area contributed by atoms with Gasteiger partial charge in [0.1, 0.15) is 6.33 Å². The van der Waals surface area contributed by atoms with Crippen LogP contribution in [0.1, 0.15) is 0 Å². The van der Waals surface area contributed by atoms with Crippen molar-refractivity contribution in [3.63, 3.8) is 0 Å². The van der Waals surface area contributed by atoms with E-state index >= 15 is 0 Å². The normalized spacial score (nSPS) is 10.3. The molecule has 2 heterocycles. The van der Waals surface area contributed by atoms with E-state index in [-0.39, 0.29) is 0 Å². The summed E-state index contributed by atoms with van der Waals surface area (Å²) in [6.45, 7) is 0. The predicted molar refractivity (Wildman–Crippen MR) is 40.3 cm³/mol. The molecular weight excluding hydrogens is 142 g/mol. The Kier molecular flexibility index (Phi) is 1.21. The SMILES string of the molecule is CNc1ccnn2cnnc12. The highest BCUT2D eigenvalue weighted by molar-refractivity contribution is 5.65. The number of nitrogens with zero attached hydrogens (tertiary/aromatic N) is 4. The topological polar surface area (TPSA) is 55.1 Å². The second kappa shape index (κ2) is 2.19. The van der Waals surface area contributed by atoms with Crippen molar-refractivity contribution in [2.75, 3.05) is 12.4 Å². The molecule has 0 amide bonds. The van der Waals surface area contributed by atoms with Crippen molar-refractivity contribution < 1.29 is 0 Å². The third-order valence-electron chi connectivity index (χ3n) is 1.47. The van der Waals surface area contributed by atoms with Crippen LogP contribution in [0.5, 0.6) is 0 Å². The molecule has 0 unspecified atom stereocenters. The van der Waals surface area contributed by atoms with Crippen molar-refractivity contribution >= 4 is 11.3 Å². The van der Waals surface area contributed by atoms with Crippen LogP contribution in [0.25, 0.3) is 5.65 Å². The average Bonchev–Trinajstić information content (AvgIpc) is 2.50. The van der Waals surface area contributed by atoms with Gasteiger partial charge < -0.3 is 5.32 Å². The fraction of sp³-hybridized carbons (Fsp3) is 0.167. The van der Waals surface area contributed by atoms with E-state index in [1.165, 1.54) is 0 Å². The third-order valence-corrected chi connectivity index (χ3v) is 1.47. The minimum absolute atomic E-state index is 0.745. The van der Waals surface area contributed by atoms with Gasteiger partial charge in [-0.1, -0.05) is 0 Å². The summed E-state index contributed by atoms with van der Waals surface area (Å²) in [7, 11) is 1.84. The first-order valence-corrected chi connectivity index (χ1v) is 3.24. The molecule has 56 valence electrons. The van der Waals surface area contributed by atoms with E-state index in [4.69, 9.17) is 0 Å². The molecule has 11 heavy (non-hydrogen) atoms. The Balaban J connectivity index is 2.79. The van der Waals surface area contributed by atoms with Gasteiger partial charge in [-0.05, 0) is 6.07 Å². The van der Waals surface area contributed by atoms with Crippen molar-refractivity contribution in [1.82, 2.24) is 19.8 Å². The minimum atomic E-state index is 0.745. The van der Waals surface area contributed by atoms with E-state index in [1.54, 1.807) is 17.0 Å². The van der Waals surface area contributed by atoms with E-state index in [0.717, 1.165) is 11.3 Å². The number of hydrogen-bond donors (Lipinski definition) is 1. The zero-order valence-electron chi connectivity index (χ0n) is 6.02. The molecule has 2 aromatic rings. The highest BCUT2D eigenvalue weighted by Crippen LogP contribution is 2.09. The monoisotopic (exact) mass is 149 g/mol. The van der Waals surface area contributed by atoms with Gasteiger partial charge in [0.25, 0.3) is 0 Å². The van der Waals surface area contributed by atoms with Gasteiger partial charge in [-0.15, -0.1) is 10.2 Å². The first kappa shape index (κ1) is 6.09. The lowest BCUT2D eigenvalue weighted by molar-refractivity contribution is 0.927. The summed E-state index contributed by atoms with van der Waals surface area (Å²) in [6.07, 6.45) is 3.26. The molecule has 0 aliphatic rings. The zero-order chi connectivity index (χ0) is 7.68. The zero-order valence-corrected chi connectivity index (χ0v) is 6.02. The van der Waals surface area contributed by atoms with Crippen molar-refractivity contribution in [2.45, 2.75) is 0 Å². The summed E-state index contributed by atoms with van der Waals surface area (Å²) in [5.74, 6) is 0. The third kappa shape index (κ3) is 0.813. The summed E-state index contributed by atoms with van der Waals surface area (Å²) in [4.78, 5) is 0. The van der Waals surface area contributed by atoms with Crippen LogP contribution >= 0.6 is 0 Å². The van der Waals surface area contributed by atoms with Gasteiger partial charge in [-0.3, -0.25) is 0 Å². The largest absolute Gasteiger partial charge is 0.385 e. The van der Waals surface area contributed by atoms with E-state index < -0.39 is 0 Å². The number of fused-ring (bicyclic) bond motifs is 1. The van der Waals surface area contributed by atoms with Crippen LogP contribution in [0.2, 0.25) is 0 Å². The Bertz CT molecular complexity index is 366. The molecule has 0 aliphatic carbocycles. The lowest BCUT2D eigenvalue weighted by Crippen LogP contribution is -1.95. The fourth-order valence-electron chi connectivity index (χ4n) is 0.941. The molecule has 0 spiro atoms. The van der Waals surface area contributed by atoms with E-state index in [0.29, 0.717) is 0 Å². The molecule has 0 atom stereocenters. The van der Waals surface area contributed by atoms with E-state index in [9.17, 15) is 0 Å². The summed E-state index contributed by atoms with van der Waals surface area (Å²) in [5.41, 5.74) is 1.67. The van der Waals surface area contributed by atoms with Crippen LogP contribution in [0.4, 0.5) is 5.69 Å². The first-order valence-electron chi connectivity index (χ1n) is 3.24. The Morgan fingerprint density at radius 1 is 1.55 bits per heavy atom. The maximum absolute atomic E-state index is 4.00. The number of anilines is 1. The number of rotatable bonds is 1. The number of aromatic nitrogens is 4. The van der Waals surface area contributed by atoms with Crippen molar-refractivity contribution in [3.8, 4) is 0 Å². The smallest absolute Gasteiger partial charge is 0.200 e. The molecule has 0 saturated heterocycles. The standard InChI is InChI=1S/C6H7N5/c1-7-5-2-3-9-11-4-8-10-6(5)11/h2-4,7H,1H3. The van der Waals surface area contributed by atoms with Gasteiger partial charge in [0.15, 0.2) is 0 Å². The Labute approximate surface area is 63.1 Å². The van der Waals surface area contributed by atoms with Gasteiger partial charge in [0, 0.05) is 7.05 Å². The lowest BCUT2D eigenvalue weighted by atomic mass is 10.4. The van der Waals surface area contributed by atoms with Gasteiger partial charge in [0.05, 0.1) is 11.9 Å². The average molecular weight is 149 g/mol. The molecule has 2 aromatic heterocycles. The van der Waals surface area contributed by atoms with Gasteiger partial charge in [-0.25, -0.2) is 0 Å². The maximum atomic E-state index is 4.00. The van der Waals surface area contributed by atoms with Crippen LogP contribution in [-0.2, 0) is 0 Å². The van der Waals surface area contributed by atoms with Gasteiger partial charge in [0.2, 0.25) is 5.65 Å². The molecule has 0 radical (unpaired) electrons. The van der Waals surface area contributed by atoms with Crippen molar-refractivity contribution in [3.05, 3.63) is 18.6 Å². The van der Waals surface area contributed by atoms with Crippen LogP contribution < -0.4 is 5.32 Å². The molecule has 0 aliphatic heterocycles. The molecular formula is C6H7N5. The molecule has 5 heteroatoms. The van der Waals surface area contributed by atoms with Crippen LogP contribution in [0.15, 0.2) is 18.6 Å². The molecule has 0 saturated carbocycles. The predicted octanol–water partition coefficient (Wildman–Crippen LogP) is 0.166. The molecule has 0 bridgehead atoms. The van der Waals surface area contributed by atoms with Crippen molar-refractivity contribution in [2.24, 2.45) is 0 Å². The highest BCUT2D eigenvalue weighted by Gasteiger charge is 1.99. The Morgan fingerprint density at radius 2 is 2.45 bits per heavy atom. The summed E-state index contributed by atoms with van der Waals surface area (Å²) >= 11 is 0. The number of nitrogens with one attached hydrogen (secondary N) is 1. The Morgan fingerprint density at radius 3 is 3.27 bits per heavy atom. The second-order valence-electron chi connectivity index (χ2n) is 2.09. The molecule has 1 N–H and O–H groups in total. The van der Waals surface area contributed by atoms with Gasteiger partial charge >= 0.3 is 0 Å². The van der Waals surface area contributed by atoms with E-state index in [2.05, 4.69) is 20.6 Å². The molecule has 0 fully saturated rings. The van der Waals surface area contributed by atoms with Crippen molar-refractivity contribution in [1.29, 1.82) is 0 Å². The van der Waals surface area contributed by atoms with Crippen LogP contribution in [0.3, 0.4) is 0 Å². The number of hydrogen-bond acceptors (Lipinski definition) is 4. The molecule has 5 nitrogen and oxygen atoms in total. The lowest BCUT2D eigenvalue weighted by Gasteiger charge is -1.98. The summed E-state index contributed by atoms with van der Waals surface area (Å²) in [6, 6.07) is 1.85. The van der Waals surface area contributed by atoms with Gasteiger partial charge in [-0.2, -0.15) is 9.61 Å². The van der Waals surface area contributed by atoms with Crippen LogP contribution in [-0.4, -0.2) is 26.9 Å². The summed E-state index contributed by atoms with van der Waals surface area (Å²) < 4.78 is 1.62. The molecule has 2 rings (SSSR count). The second-order valence-corrected chi connectivity index (χ2v) is 2.09.